The van der Waals surface area contributed by atoms with E-state index in [1.165, 1.54) is 0 Å². The van der Waals surface area contributed by atoms with Gasteiger partial charge in [0, 0.05) is 36.4 Å². The van der Waals surface area contributed by atoms with Crippen LogP contribution in [0.5, 0.6) is 0 Å². The van der Waals surface area contributed by atoms with Gasteiger partial charge in [-0.2, -0.15) is 5.10 Å². The van der Waals surface area contributed by atoms with Gasteiger partial charge in [0.1, 0.15) is 12.4 Å². The molecule has 0 aliphatic rings. The summed E-state index contributed by atoms with van der Waals surface area (Å²) in [4.78, 5) is 22.7. The zero-order valence-electron chi connectivity index (χ0n) is 17.3. The Kier molecular flexibility index (Phi) is 4.63. The number of benzene rings is 3. The highest BCUT2D eigenvalue weighted by molar-refractivity contribution is 5.94. The van der Waals surface area contributed by atoms with Crippen LogP contribution in [0.15, 0.2) is 72.9 Å². The van der Waals surface area contributed by atoms with E-state index in [9.17, 15) is 4.79 Å². The first-order valence-electron chi connectivity index (χ1n) is 10.0. The zero-order chi connectivity index (χ0) is 21.4. The average molecular weight is 410 g/mol. The van der Waals surface area contributed by atoms with E-state index in [4.69, 9.17) is 4.98 Å². The number of fused-ring (bicyclic) bond motifs is 2. The molecule has 5 aromatic rings. The molecular formula is C24H22N6O. The van der Waals surface area contributed by atoms with Crippen LogP contribution in [0.2, 0.25) is 0 Å². The van der Waals surface area contributed by atoms with E-state index in [0.29, 0.717) is 5.69 Å². The lowest BCUT2D eigenvalue weighted by atomic mass is 10.2. The van der Waals surface area contributed by atoms with Crippen LogP contribution in [0.25, 0.3) is 33.3 Å². The number of aromatic amines is 1. The van der Waals surface area contributed by atoms with Crippen LogP contribution >= 0.6 is 0 Å². The second kappa shape index (κ2) is 7.60. The van der Waals surface area contributed by atoms with Crippen LogP contribution in [0.4, 0.5) is 11.4 Å². The molecule has 0 fully saturated rings. The van der Waals surface area contributed by atoms with Gasteiger partial charge in [0.2, 0.25) is 5.91 Å². The van der Waals surface area contributed by atoms with E-state index in [2.05, 4.69) is 32.4 Å². The monoisotopic (exact) mass is 410 g/mol. The van der Waals surface area contributed by atoms with Crippen molar-refractivity contribution in [3.05, 3.63) is 72.9 Å². The third-order valence-electron chi connectivity index (χ3n) is 5.27. The molecule has 3 aromatic carbocycles. The first-order chi connectivity index (χ1) is 15.1. The van der Waals surface area contributed by atoms with E-state index >= 15 is 0 Å². The number of H-pyrrole nitrogens is 1. The average Bonchev–Trinajstić information content (AvgIpc) is 3.38. The van der Waals surface area contributed by atoms with Gasteiger partial charge in [0.05, 0.1) is 22.7 Å². The predicted octanol–water partition coefficient (Wildman–Crippen LogP) is 4.28. The summed E-state index contributed by atoms with van der Waals surface area (Å²) < 4.78 is 1.70. The summed E-state index contributed by atoms with van der Waals surface area (Å²) in [5.41, 5.74) is 5.50. The Morgan fingerprint density at radius 2 is 1.87 bits per heavy atom. The maximum absolute atomic E-state index is 12.6. The van der Waals surface area contributed by atoms with E-state index in [1.807, 2.05) is 68.7 Å². The number of hydrogen-bond acceptors (Lipinski definition) is 4. The number of para-hydroxylation sites is 1. The van der Waals surface area contributed by atoms with E-state index in [-0.39, 0.29) is 12.5 Å². The van der Waals surface area contributed by atoms with Crippen LogP contribution in [-0.2, 0) is 11.3 Å². The summed E-state index contributed by atoms with van der Waals surface area (Å²) in [5, 5.41) is 8.28. The van der Waals surface area contributed by atoms with Gasteiger partial charge in [0.25, 0.3) is 0 Å². The molecule has 0 aliphatic carbocycles. The molecular weight excluding hydrogens is 388 g/mol. The molecule has 0 saturated carbocycles. The second-order valence-electron chi connectivity index (χ2n) is 7.67. The molecule has 0 spiro atoms. The lowest BCUT2D eigenvalue weighted by molar-refractivity contribution is -0.116. The van der Waals surface area contributed by atoms with Crippen molar-refractivity contribution >= 4 is 39.2 Å². The van der Waals surface area contributed by atoms with Crippen molar-refractivity contribution in [2.45, 2.75) is 6.54 Å². The number of nitrogens with one attached hydrogen (secondary N) is 2. The molecule has 154 valence electrons. The van der Waals surface area contributed by atoms with E-state index in [1.54, 1.807) is 10.9 Å². The minimum absolute atomic E-state index is 0.136. The quantitative estimate of drug-likeness (QED) is 0.453. The number of carbonyl (C=O) groups is 1. The van der Waals surface area contributed by atoms with E-state index < -0.39 is 0 Å². The maximum Gasteiger partial charge on any atom is 0.246 e. The Morgan fingerprint density at radius 1 is 1.06 bits per heavy atom. The summed E-state index contributed by atoms with van der Waals surface area (Å²) in [6, 6.07) is 21.7. The first-order valence-corrected chi connectivity index (χ1v) is 10.0. The van der Waals surface area contributed by atoms with Crippen LogP contribution in [0.3, 0.4) is 0 Å². The Hall–Kier alpha value is -4.13. The summed E-state index contributed by atoms with van der Waals surface area (Å²) in [5.74, 6) is 0.662. The number of anilines is 2. The Morgan fingerprint density at radius 3 is 2.68 bits per heavy atom. The highest BCUT2D eigenvalue weighted by Gasteiger charge is 2.10. The number of rotatable bonds is 5. The largest absolute Gasteiger partial charge is 0.378 e. The number of imidazole rings is 1. The summed E-state index contributed by atoms with van der Waals surface area (Å²) in [7, 11) is 4.03. The number of amides is 1. The zero-order valence-corrected chi connectivity index (χ0v) is 17.3. The van der Waals surface area contributed by atoms with Crippen LogP contribution in [-0.4, -0.2) is 39.8 Å². The van der Waals surface area contributed by atoms with Gasteiger partial charge >= 0.3 is 0 Å². The van der Waals surface area contributed by atoms with Gasteiger partial charge in [-0.25, -0.2) is 4.98 Å². The fraction of sp³-hybridized carbons (Fsp3) is 0.125. The molecule has 0 saturated heterocycles. The molecule has 0 atom stereocenters. The Bertz CT molecular complexity index is 1380. The lowest BCUT2D eigenvalue weighted by Gasteiger charge is -2.11. The highest BCUT2D eigenvalue weighted by atomic mass is 16.2. The Labute approximate surface area is 179 Å². The van der Waals surface area contributed by atoms with Gasteiger partial charge in [0.15, 0.2) is 0 Å². The molecule has 0 radical (unpaired) electrons. The van der Waals surface area contributed by atoms with Gasteiger partial charge in [-0.15, -0.1) is 0 Å². The molecule has 31 heavy (non-hydrogen) atoms. The molecule has 2 aromatic heterocycles. The van der Waals surface area contributed by atoms with Crippen LogP contribution in [0.1, 0.15) is 0 Å². The second-order valence-corrected chi connectivity index (χ2v) is 7.67. The van der Waals surface area contributed by atoms with Crippen molar-refractivity contribution in [3.63, 3.8) is 0 Å². The molecule has 0 unspecified atom stereocenters. The molecule has 2 heterocycles. The van der Waals surface area contributed by atoms with Crippen LogP contribution in [0, 0.1) is 0 Å². The SMILES string of the molecule is CN(C)c1ccc(-c2nc3cc(NC(=O)Cn4ncc5ccccc54)ccc3[nH]2)cc1. The normalized spacial score (nSPS) is 11.2. The summed E-state index contributed by atoms with van der Waals surface area (Å²) in [6.45, 7) is 0.148. The van der Waals surface area contributed by atoms with Gasteiger partial charge < -0.3 is 15.2 Å². The highest BCUT2D eigenvalue weighted by Crippen LogP contribution is 2.24. The van der Waals surface area contributed by atoms with Crippen molar-refractivity contribution in [1.82, 2.24) is 19.7 Å². The molecule has 7 nitrogen and oxygen atoms in total. The molecule has 5 rings (SSSR count). The third kappa shape index (κ3) is 3.73. The number of nitrogens with zero attached hydrogens (tertiary/aromatic N) is 4. The van der Waals surface area contributed by atoms with E-state index in [0.717, 1.165) is 39.0 Å². The molecule has 0 bridgehead atoms. The number of aromatic nitrogens is 4. The number of hydrogen-bond donors (Lipinski definition) is 2. The van der Waals surface area contributed by atoms with Crippen molar-refractivity contribution in [2.75, 3.05) is 24.3 Å². The minimum Gasteiger partial charge on any atom is -0.378 e. The van der Waals surface area contributed by atoms with Gasteiger partial charge in [-0.3, -0.25) is 9.48 Å². The van der Waals surface area contributed by atoms with Gasteiger partial charge in [-0.05, 0) is 48.5 Å². The summed E-state index contributed by atoms with van der Waals surface area (Å²) in [6.07, 6.45) is 1.77. The van der Waals surface area contributed by atoms with Crippen molar-refractivity contribution in [3.8, 4) is 11.4 Å². The van der Waals surface area contributed by atoms with Gasteiger partial charge in [-0.1, -0.05) is 18.2 Å². The smallest absolute Gasteiger partial charge is 0.246 e. The predicted molar refractivity (Wildman–Crippen MR) is 124 cm³/mol. The maximum atomic E-state index is 12.6. The summed E-state index contributed by atoms with van der Waals surface area (Å²) >= 11 is 0. The molecule has 1 amide bonds. The Balaban J connectivity index is 1.34. The first kappa shape index (κ1) is 18.9. The number of carbonyl (C=O) groups excluding carboxylic acids is 1. The molecule has 2 N–H and O–H groups in total. The van der Waals surface area contributed by atoms with Crippen molar-refractivity contribution < 1.29 is 4.79 Å². The topological polar surface area (TPSA) is 78.8 Å². The fourth-order valence-corrected chi connectivity index (χ4v) is 3.63. The third-order valence-corrected chi connectivity index (χ3v) is 5.27. The minimum atomic E-state index is -0.136. The molecule has 0 aliphatic heterocycles. The molecule has 7 heteroatoms. The standard InChI is InChI=1S/C24H22N6O/c1-29(2)19-10-7-16(8-11-19)24-27-20-12-9-18(13-21(20)28-24)26-23(31)15-30-22-6-4-3-5-17(22)14-25-30/h3-14H,15H2,1-2H3,(H,26,31)(H,27,28). The van der Waals surface area contributed by atoms with Crippen molar-refractivity contribution in [1.29, 1.82) is 0 Å². The van der Waals surface area contributed by atoms with Crippen molar-refractivity contribution in [2.24, 2.45) is 0 Å². The van der Waals surface area contributed by atoms with Crippen LogP contribution < -0.4 is 10.2 Å². The fourth-order valence-electron chi connectivity index (χ4n) is 3.63. The lowest BCUT2D eigenvalue weighted by Crippen LogP contribution is -2.19.